The smallest absolute Gasteiger partial charge is 0.0725 e. The number of nitrogens with zero attached hydrogens (tertiary/aromatic N) is 2. The first-order valence-electron chi connectivity index (χ1n) is 30.0. The second kappa shape index (κ2) is 19.1. The Balaban J connectivity index is 0.723. The minimum atomic E-state index is -0.478. The zero-order valence-electron chi connectivity index (χ0n) is 48.0. The summed E-state index contributed by atoms with van der Waals surface area (Å²) in [6.07, 6.45) is 1.93. The van der Waals surface area contributed by atoms with Gasteiger partial charge < -0.3 is 9.47 Å². The standard InChI is InChI=1S/C84H58N2/c1-4-54-17-16-20-59(49-54)62-36-46-72-69-23-10-14-27-77(69)84(80(72)52-62)76-26-13-9-22-68(76)71-45-35-61(51-79(71)84)58-33-42-65(43-34-58)86-81-28-15-11-24-73(81)74-50-60(37-48-82(74)86)57-31-40-64(41-32-57)85(63-38-29-56(30-39-63)55-18-6-5-7-19-55)66-44-47-70-67-21-8-12-25-75(67)83(2,3)78(70)53-66/h4-53H,1H2,2-3H3. The van der Waals surface area contributed by atoms with Gasteiger partial charge in [-0.25, -0.2) is 0 Å². The van der Waals surface area contributed by atoms with E-state index in [9.17, 15) is 0 Å². The Kier molecular flexibility index (Phi) is 11.1. The molecule has 0 bridgehead atoms. The Morgan fingerprint density at radius 1 is 0.302 bits per heavy atom. The van der Waals surface area contributed by atoms with Crippen LogP contribution in [0.2, 0.25) is 0 Å². The van der Waals surface area contributed by atoms with E-state index < -0.39 is 5.41 Å². The van der Waals surface area contributed by atoms with E-state index in [2.05, 4.69) is 327 Å². The minimum Gasteiger partial charge on any atom is -0.310 e. The van der Waals surface area contributed by atoms with Crippen LogP contribution in [0.3, 0.4) is 0 Å². The van der Waals surface area contributed by atoms with Crippen LogP contribution in [0.5, 0.6) is 0 Å². The Bertz CT molecular complexity index is 5060. The van der Waals surface area contributed by atoms with Crippen molar-refractivity contribution in [3.05, 3.63) is 343 Å². The highest BCUT2D eigenvalue weighted by Gasteiger charge is 2.52. The van der Waals surface area contributed by atoms with Crippen LogP contribution in [-0.2, 0) is 10.8 Å². The predicted molar refractivity (Wildman–Crippen MR) is 361 cm³/mol. The molecule has 0 saturated heterocycles. The number of aromatic nitrogens is 1. The van der Waals surface area contributed by atoms with Crippen LogP contribution in [0.4, 0.5) is 17.1 Å². The Hall–Kier alpha value is -10.8. The van der Waals surface area contributed by atoms with Crippen LogP contribution < -0.4 is 4.90 Å². The van der Waals surface area contributed by atoms with E-state index in [0.29, 0.717) is 0 Å². The van der Waals surface area contributed by atoms with Crippen molar-refractivity contribution in [2.75, 3.05) is 4.90 Å². The molecule has 14 aromatic rings. The third kappa shape index (κ3) is 7.39. The van der Waals surface area contributed by atoms with Gasteiger partial charge in [0.05, 0.1) is 16.4 Å². The molecule has 2 nitrogen and oxygen atoms in total. The molecule has 2 heteroatoms. The number of hydrogen-bond donors (Lipinski definition) is 0. The van der Waals surface area contributed by atoms with Crippen LogP contribution >= 0.6 is 0 Å². The first-order chi connectivity index (χ1) is 42.3. The van der Waals surface area contributed by atoms with Gasteiger partial charge in [0.15, 0.2) is 0 Å². The maximum atomic E-state index is 4.08. The van der Waals surface area contributed by atoms with E-state index in [1.807, 2.05) is 6.08 Å². The molecule has 0 aliphatic heterocycles. The molecule has 0 fully saturated rings. The fourth-order valence-electron chi connectivity index (χ4n) is 15.1. The molecule has 1 unspecified atom stereocenters. The van der Waals surface area contributed by atoms with Gasteiger partial charge >= 0.3 is 0 Å². The molecule has 13 aromatic carbocycles. The first-order valence-corrected chi connectivity index (χ1v) is 30.0. The fourth-order valence-corrected chi connectivity index (χ4v) is 15.1. The van der Waals surface area contributed by atoms with Crippen molar-refractivity contribution in [1.29, 1.82) is 0 Å². The molecule has 1 heterocycles. The van der Waals surface area contributed by atoms with Gasteiger partial charge in [0.25, 0.3) is 0 Å². The number of anilines is 3. The largest absolute Gasteiger partial charge is 0.310 e. The summed E-state index contributed by atoms with van der Waals surface area (Å²) in [5.74, 6) is 0. The average molecular weight is 1100 g/mol. The summed E-state index contributed by atoms with van der Waals surface area (Å²) in [5.41, 5.74) is 32.8. The molecule has 3 aliphatic rings. The highest BCUT2D eigenvalue weighted by atomic mass is 15.1. The topological polar surface area (TPSA) is 8.17 Å². The molecule has 0 N–H and O–H groups in total. The number of hydrogen-bond acceptors (Lipinski definition) is 1. The zero-order chi connectivity index (χ0) is 57.3. The molecule has 1 aromatic heterocycles. The minimum absolute atomic E-state index is 0.120. The summed E-state index contributed by atoms with van der Waals surface area (Å²) < 4.78 is 2.43. The molecule has 404 valence electrons. The van der Waals surface area contributed by atoms with Gasteiger partial charge in [-0.3, -0.25) is 0 Å². The second-order valence-corrected chi connectivity index (χ2v) is 24.0. The summed E-state index contributed by atoms with van der Waals surface area (Å²) in [5, 5.41) is 2.46. The van der Waals surface area contributed by atoms with Crippen molar-refractivity contribution >= 4 is 44.9 Å². The Labute approximate surface area is 502 Å². The molecule has 0 radical (unpaired) electrons. The van der Waals surface area contributed by atoms with Gasteiger partial charge in [-0.1, -0.05) is 239 Å². The molecule has 17 rings (SSSR count). The second-order valence-electron chi connectivity index (χ2n) is 24.0. The van der Waals surface area contributed by atoms with Crippen molar-refractivity contribution in [3.8, 4) is 83.6 Å². The SMILES string of the molecule is C=Cc1cccc(-c2ccc3c(c2)C2(c4ccccc4-c4ccc(-c5ccc(-n6c7ccccc7c7cc(-c8ccc(N(c9ccc(-c%10ccccc%10)cc9)c9ccc%10c(c9)C(C)(C)c9ccccc9-%10)cc8)ccc76)cc5)cc42)c2ccccc2-3)c1. The lowest BCUT2D eigenvalue weighted by Gasteiger charge is -2.31. The maximum Gasteiger partial charge on any atom is 0.0725 e. The third-order valence-electron chi connectivity index (χ3n) is 19.2. The number of benzene rings is 13. The van der Waals surface area contributed by atoms with Gasteiger partial charge in [-0.05, 0) is 202 Å². The van der Waals surface area contributed by atoms with Crippen molar-refractivity contribution in [3.63, 3.8) is 0 Å². The molecule has 0 amide bonds. The lowest BCUT2D eigenvalue weighted by Crippen LogP contribution is -2.26. The summed E-state index contributed by atoms with van der Waals surface area (Å²) in [6.45, 7) is 8.80. The molecule has 1 atom stereocenters. The third-order valence-corrected chi connectivity index (χ3v) is 19.2. The predicted octanol–water partition coefficient (Wildman–Crippen LogP) is 22.2. The zero-order valence-corrected chi connectivity index (χ0v) is 48.0. The molecule has 3 aliphatic carbocycles. The van der Waals surface area contributed by atoms with Gasteiger partial charge in [0.1, 0.15) is 0 Å². The first kappa shape index (κ1) is 49.8. The molecule has 1 spiro atoms. The van der Waals surface area contributed by atoms with Gasteiger partial charge in [-0.2, -0.15) is 0 Å². The van der Waals surface area contributed by atoms with Gasteiger partial charge in [0.2, 0.25) is 0 Å². The summed E-state index contributed by atoms with van der Waals surface area (Å²) in [7, 11) is 0. The fraction of sp³-hybridized carbons (Fsp3) is 0.0476. The lowest BCUT2D eigenvalue weighted by molar-refractivity contribution is 0.660. The molecular formula is C84H58N2. The van der Waals surface area contributed by atoms with Gasteiger partial charge in [0, 0.05) is 38.9 Å². The highest BCUT2D eigenvalue weighted by molar-refractivity contribution is 6.10. The van der Waals surface area contributed by atoms with E-state index in [1.54, 1.807) is 0 Å². The van der Waals surface area contributed by atoms with Crippen LogP contribution in [0.15, 0.2) is 304 Å². The highest BCUT2D eigenvalue weighted by Crippen LogP contribution is 2.64. The van der Waals surface area contributed by atoms with Crippen molar-refractivity contribution in [2.24, 2.45) is 0 Å². The molecular weight excluding hydrogens is 1040 g/mol. The average Bonchev–Trinajstić information content (AvgIpc) is 1.52. The van der Waals surface area contributed by atoms with Crippen LogP contribution in [0, 0.1) is 0 Å². The number of rotatable bonds is 9. The van der Waals surface area contributed by atoms with E-state index in [4.69, 9.17) is 0 Å². The molecule has 0 saturated carbocycles. The monoisotopic (exact) mass is 1090 g/mol. The number of fused-ring (bicyclic) bond motifs is 16. The summed E-state index contributed by atoms with van der Waals surface area (Å²) in [6, 6.07) is 111. The molecule has 86 heavy (non-hydrogen) atoms. The Morgan fingerprint density at radius 3 is 1.38 bits per heavy atom. The number of para-hydroxylation sites is 1. The lowest BCUT2D eigenvalue weighted by atomic mass is 9.70. The van der Waals surface area contributed by atoms with Crippen molar-refractivity contribution in [2.45, 2.75) is 24.7 Å². The van der Waals surface area contributed by atoms with Crippen LogP contribution in [0.25, 0.3) is 111 Å². The van der Waals surface area contributed by atoms with E-state index in [1.165, 1.54) is 133 Å². The van der Waals surface area contributed by atoms with E-state index >= 15 is 0 Å². The normalized spacial score (nSPS) is 14.6. The quantitative estimate of drug-likeness (QED) is 0.140. The van der Waals surface area contributed by atoms with E-state index in [0.717, 1.165) is 28.3 Å². The summed E-state index contributed by atoms with van der Waals surface area (Å²) >= 11 is 0. The van der Waals surface area contributed by atoms with E-state index in [-0.39, 0.29) is 5.41 Å². The van der Waals surface area contributed by atoms with Crippen LogP contribution in [0.1, 0.15) is 52.8 Å². The summed E-state index contributed by atoms with van der Waals surface area (Å²) in [4.78, 5) is 2.41. The Morgan fingerprint density at radius 2 is 0.733 bits per heavy atom. The van der Waals surface area contributed by atoms with Crippen LogP contribution in [-0.4, -0.2) is 4.57 Å². The van der Waals surface area contributed by atoms with Gasteiger partial charge in [-0.15, -0.1) is 0 Å². The van der Waals surface area contributed by atoms with Crippen molar-refractivity contribution in [1.82, 2.24) is 4.57 Å². The van der Waals surface area contributed by atoms with Crippen molar-refractivity contribution < 1.29 is 0 Å². The maximum absolute atomic E-state index is 4.08.